The fraction of sp³-hybridized carbons (Fsp3) is 0.300. The van der Waals surface area contributed by atoms with Crippen LogP contribution in [0.3, 0.4) is 0 Å². The Kier molecular flexibility index (Phi) is 2.62. The van der Waals surface area contributed by atoms with Crippen molar-refractivity contribution in [2.45, 2.75) is 19.3 Å². The maximum absolute atomic E-state index is 11.1. The maximum atomic E-state index is 11.1. The molecule has 1 aromatic carbocycles. The first kappa shape index (κ1) is 10.1. The highest BCUT2D eigenvalue weighted by molar-refractivity contribution is 6.30. The number of amides is 1. The van der Waals surface area contributed by atoms with Gasteiger partial charge in [-0.3, -0.25) is 4.79 Å². The van der Waals surface area contributed by atoms with Gasteiger partial charge >= 0.3 is 0 Å². The molecule has 1 amide bonds. The van der Waals surface area contributed by atoms with E-state index in [9.17, 15) is 4.79 Å². The van der Waals surface area contributed by atoms with E-state index in [2.05, 4.69) is 0 Å². The average Bonchev–Trinajstić information content (AvgIpc) is 2.04. The number of hydrogen-bond acceptors (Lipinski definition) is 1. The Morgan fingerprint density at radius 3 is 2.15 bits per heavy atom. The number of carbonyl (C=O) groups is 1. The molecule has 0 atom stereocenters. The van der Waals surface area contributed by atoms with Crippen molar-refractivity contribution >= 4 is 17.5 Å². The number of nitrogens with two attached hydrogens (primary N) is 1. The molecular formula is C10H12ClNO. The van der Waals surface area contributed by atoms with Crippen LogP contribution in [0.2, 0.25) is 5.02 Å². The van der Waals surface area contributed by atoms with Crippen LogP contribution in [-0.4, -0.2) is 5.91 Å². The number of primary amides is 1. The van der Waals surface area contributed by atoms with E-state index in [1.807, 2.05) is 12.1 Å². The number of carbonyl (C=O) groups excluding carboxylic acids is 1. The molecule has 0 saturated carbocycles. The molecule has 0 saturated heterocycles. The fourth-order valence-electron chi connectivity index (χ4n) is 1.01. The molecule has 1 rings (SSSR count). The van der Waals surface area contributed by atoms with Crippen LogP contribution in [0.25, 0.3) is 0 Å². The predicted molar refractivity (Wildman–Crippen MR) is 53.7 cm³/mol. The van der Waals surface area contributed by atoms with Crippen LogP contribution in [0, 0.1) is 0 Å². The summed E-state index contributed by atoms with van der Waals surface area (Å²) in [5, 5.41) is 0.657. The van der Waals surface area contributed by atoms with Gasteiger partial charge in [0.15, 0.2) is 0 Å². The summed E-state index contributed by atoms with van der Waals surface area (Å²) in [7, 11) is 0. The van der Waals surface area contributed by atoms with E-state index >= 15 is 0 Å². The van der Waals surface area contributed by atoms with E-state index in [0.717, 1.165) is 5.56 Å². The van der Waals surface area contributed by atoms with Crippen LogP contribution in [0.5, 0.6) is 0 Å². The van der Waals surface area contributed by atoms with E-state index in [4.69, 9.17) is 17.3 Å². The SMILES string of the molecule is CC(C)(C(N)=O)c1ccc(Cl)cc1. The molecule has 13 heavy (non-hydrogen) atoms. The lowest BCUT2D eigenvalue weighted by molar-refractivity contribution is -0.122. The molecular weight excluding hydrogens is 186 g/mol. The summed E-state index contributed by atoms with van der Waals surface area (Å²) in [6.45, 7) is 3.58. The largest absolute Gasteiger partial charge is 0.369 e. The molecule has 0 bridgehead atoms. The van der Waals surface area contributed by atoms with Crippen molar-refractivity contribution in [3.05, 3.63) is 34.9 Å². The van der Waals surface area contributed by atoms with Gasteiger partial charge < -0.3 is 5.73 Å². The first-order valence-corrected chi connectivity index (χ1v) is 4.38. The third-order valence-corrected chi connectivity index (χ3v) is 2.43. The van der Waals surface area contributed by atoms with Crippen molar-refractivity contribution in [3.63, 3.8) is 0 Å². The van der Waals surface area contributed by atoms with Crippen LogP contribution in [-0.2, 0) is 10.2 Å². The first-order chi connectivity index (χ1) is 5.94. The summed E-state index contributed by atoms with van der Waals surface area (Å²) in [4.78, 5) is 11.1. The van der Waals surface area contributed by atoms with Gasteiger partial charge in [-0.05, 0) is 31.5 Å². The van der Waals surface area contributed by atoms with Crippen molar-refractivity contribution in [2.75, 3.05) is 0 Å². The second-order valence-electron chi connectivity index (χ2n) is 3.50. The average molecular weight is 198 g/mol. The Labute approximate surface area is 82.7 Å². The number of hydrogen-bond donors (Lipinski definition) is 1. The second kappa shape index (κ2) is 3.38. The molecule has 0 heterocycles. The molecule has 0 spiro atoms. The molecule has 2 N–H and O–H groups in total. The molecule has 2 nitrogen and oxygen atoms in total. The van der Waals surface area contributed by atoms with Crippen LogP contribution in [0.4, 0.5) is 0 Å². The Morgan fingerprint density at radius 1 is 1.31 bits per heavy atom. The van der Waals surface area contributed by atoms with Gasteiger partial charge in [0.1, 0.15) is 0 Å². The van der Waals surface area contributed by atoms with E-state index in [0.29, 0.717) is 5.02 Å². The molecule has 70 valence electrons. The zero-order chi connectivity index (χ0) is 10.1. The topological polar surface area (TPSA) is 43.1 Å². The Morgan fingerprint density at radius 2 is 1.77 bits per heavy atom. The lowest BCUT2D eigenvalue weighted by Gasteiger charge is -2.20. The van der Waals surface area contributed by atoms with Crippen LogP contribution in [0.15, 0.2) is 24.3 Å². The summed E-state index contributed by atoms with van der Waals surface area (Å²) in [5.74, 6) is -0.338. The first-order valence-electron chi connectivity index (χ1n) is 4.00. The molecule has 0 aliphatic carbocycles. The Balaban J connectivity index is 3.08. The van der Waals surface area contributed by atoms with Crippen molar-refractivity contribution < 1.29 is 4.79 Å². The van der Waals surface area contributed by atoms with Crippen LogP contribution >= 0.6 is 11.6 Å². The van der Waals surface area contributed by atoms with Crippen molar-refractivity contribution in [1.29, 1.82) is 0 Å². The minimum absolute atomic E-state index is 0.338. The summed E-state index contributed by atoms with van der Waals surface area (Å²) in [6, 6.07) is 7.13. The smallest absolute Gasteiger partial charge is 0.227 e. The van der Waals surface area contributed by atoms with Crippen molar-refractivity contribution in [3.8, 4) is 0 Å². The minimum Gasteiger partial charge on any atom is -0.369 e. The van der Waals surface area contributed by atoms with Gasteiger partial charge in [-0.15, -0.1) is 0 Å². The summed E-state index contributed by atoms with van der Waals surface area (Å²) >= 11 is 5.73. The van der Waals surface area contributed by atoms with Gasteiger partial charge in [0, 0.05) is 5.02 Å². The number of rotatable bonds is 2. The number of halogens is 1. The van der Waals surface area contributed by atoms with E-state index < -0.39 is 5.41 Å². The van der Waals surface area contributed by atoms with Gasteiger partial charge in [-0.1, -0.05) is 23.7 Å². The molecule has 0 aliphatic heterocycles. The third kappa shape index (κ3) is 2.01. The lowest BCUT2D eigenvalue weighted by Crippen LogP contribution is -2.35. The van der Waals surface area contributed by atoms with E-state index in [1.165, 1.54) is 0 Å². The van der Waals surface area contributed by atoms with Gasteiger partial charge in [0.05, 0.1) is 5.41 Å². The van der Waals surface area contributed by atoms with Crippen molar-refractivity contribution in [2.24, 2.45) is 5.73 Å². The summed E-state index contributed by atoms with van der Waals surface area (Å²) < 4.78 is 0. The highest BCUT2D eigenvalue weighted by Gasteiger charge is 2.26. The van der Waals surface area contributed by atoms with Gasteiger partial charge in [-0.25, -0.2) is 0 Å². The molecule has 3 heteroatoms. The summed E-state index contributed by atoms with van der Waals surface area (Å²) in [6.07, 6.45) is 0. The van der Waals surface area contributed by atoms with E-state index in [1.54, 1.807) is 26.0 Å². The number of benzene rings is 1. The maximum Gasteiger partial charge on any atom is 0.227 e. The monoisotopic (exact) mass is 197 g/mol. The molecule has 0 aromatic heterocycles. The third-order valence-electron chi connectivity index (χ3n) is 2.18. The lowest BCUT2D eigenvalue weighted by atomic mass is 9.84. The highest BCUT2D eigenvalue weighted by Crippen LogP contribution is 2.23. The van der Waals surface area contributed by atoms with Gasteiger partial charge in [0.2, 0.25) is 5.91 Å². The Hall–Kier alpha value is -1.02. The molecule has 0 aliphatic rings. The fourth-order valence-corrected chi connectivity index (χ4v) is 1.13. The zero-order valence-electron chi connectivity index (χ0n) is 7.67. The highest BCUT2D eigenvalue weighted by atomic mass is 35.5. The Bertz CT molecular complexity index is 316. The standard InChI is InChI=1S/C10H12ClNO/c1-10(2,9(12)13)7-3-5-8(11)6-4-7/h3-6H,1-2H3,(H2,12,13). The zero-order valence-corrected chi connectivity index (χ0v) is 8.43. The van der Waals surface area contributed by atoms with Crippen LogP contribution < -0.4 is 5.73 Å². The second-order valence-corrected chi connectivity index (χ2v) is 3.93. The van der Waals surface area contributed by atoms with Gasteiger partial charge in [0.25, 0.3) is 0 Å². The molecule has 0 fully saturated rings. The quantitative estimate of drug-likeness (QED) is 0.776. The van der Waals surface area contributed by atoms with E-state index in [-0.39, 0.29) is 5.91 Å². The normalized spacial score (nSPS) is 11.3. The molecule has 0 radical (unpaired) electrons. The predicted octanol–water partition coefficient (Wildman–Crippen LogP) is 2.10. The molecule has 1 aromatic rings. The van der Waals surface area contributed by atoms with Crippen molar-refractivity contribution in [1.82, 2.24) is 0 Å². The summed E-state index contributed by atoms with van der Waals surface area (Å²) in [5.41, 5.74) is 5.51. The van der Waals surface area contributed by atoms with Gasteiger partial charge in [-0.2, -0.15) is 0 Å². The van der Waals surface area contributed by atoms with Crippen LogP contribution in [0.1, 0.15) is 19.4 Å². The minimum atomic E-state index is -0.634. The molecule has 0 unspecified atom stereocenters.